The summed E-state index contributed by atoms with van der Waals surface area (Å²) in [6, 6.07) is 8.21. The number of rotatable bonds is 11. The molecule has 0 spiro atoms. The number of halogens is 1. The van der Waals surface area contributed by atoms with Crippen molar-refractivity contribution >= 4 is 80.0 Å². The van der Waals surface area contributed by atoms with Crippen molar-refractivity contribution in [3.8, 4) is 5.75 Å². The number of anilines is 5. The van der Waals surface area contributed by atoms with Gasteiger partial charge >= 0.3 is 0 Å². The van der Waals surface area contributed by atoms with Gasteiger partial charge in [-0.3, -0.25) is 9.97 Å². The first kappa shape index (κ1) is 33.3. The summed E-state index contributed by atoms with van der Waals surface area (Å²) >= 11 is 3.57. The molecule has 0 unspecified atom stereocenters. The van der Waals surface area contributed by atoms with E-state index in [0.29, 0.717) is 55.7 Å². The number of fused-ring (bicyclic) bond motifs is 1. The highest BCUT2D eigenvalue weighted by atomic mass is 79.9. The average Bonchev–Trinajstić information content (AvgIpc) is 3.04. The van der Waals surface area contributed by atoms with Crippen molar-refractivity contribution in [1.82, 2.24) is 30.2 Å². The van der Waals surface area contributed by atoms with Gasteiger partial charge in [0.25, 0.3) is 0 Å². The summed E-state index contributed by atoms with van der Waals surface area (Å²) in [5.41, 5.74) is 5.14. The van der Waals surface area contributed by atoms with Gasteiger partial charge in [-0.25, -0.2) is 4.98 Å². The lowest BCUT2D eigenvalue weighted by molar-refractivity contribution is 0.249. The summed E-state index contributed by atoms with van der Waals surface area (Å²) in [6.07, 6.45) is 10.1. The third kappa shape index (κ3) is 7.16. The van der Waals surface area contributed by atoms with Crippen molar-refractivity contribution in [3.05, 3.63) is 59.1 Å². The normalized spacial score (nSPS) is 14.4. The van der Waals surface area contributed by atoms with Crippen LogP contribution in [0.5, 0.6) is 5.75 Å². The number of ether oxygens (including phenoxy) is 1. The first-order valence-electron chi connectivity index (χ1n) is 14.9. The molecule has 0 radical (unpaired) electrons. The minimum atomic E-state index is -2.77. The highest BCUT2D eigenvalue weighted by molar-refractivity contribution is 9.10. The second-order valence-corrected chi connectivity index (χ2v) is 15.7. The molecule has 2 aromatic heterocycles. The number of hydrogen-bond donors (Lipinski definition) is 4. The lowest BCUT2D eigenvalue weighted by atomic mass is 9.98. The fourth-order valence-electron chi connectivity index (χ4n) is 5.74. The molecule has 46 heavy (non-hydrogen) atoms. The van der Waals surface area contributed by atoms with Crippen LogP contribution in [-0.4, -0.2) is 91.8 Å². The Hall–Kier alpha value is -4.06. The number of piperidine rings is 1. The number of methoxy groups -OCH3 is 1. The fraction of sp³-hybridized carbons (Fsp3) is 0.344. The van der Waals surface area contributed by atoms with Crippen LogP contribution in [0.15, 0.2) is 53.5 Å². The molecule has 12 nitrogen and oxygen atoms in total. The first-order valence-corrected chi connectivity index (χ1v) is 18.3. The van der Waals surface area contributed by atoms with Crippen molar-refractivity contribution in [2.24, 2.45) is 0 Å². The smallest absolute Gasteiger partial charge is 0.229 e. The Labute approximate surface area is 278 Å². The number of nitrogens with one attached hydrogen (secondary N) is 4. The Morgan fingerprint density at radius 2 is 1.85 bits per heavy atom. The van der Waals surface area contributed by atoms with Gasteiger partial charge in [-0.05, 0) is 74.4 Å². The molecule has 0 amide bonds. The molecule has 0 aliphatic carbocycles. The van der Waals surface area contributed by atoms with Gasteiger partial charge in [0.15, 0.2) is 0 Å². The first-order chi connectivity index (χ1) is 22.0. The minimum absolute atomic E-state index is 0.321. The van der Waals surface area contributed by atoms with E-state index in [4.69, 9.17) is 15.1 Å². The van der Waals surface area contributed by atoms with Crippen molar-refractivity contribution < 1.29 is 9.30 Å². The molecule has 1 aliphatic rings. The molecule has 14 heteroatoms. The summed E-state index contributed by atoms with van der Waals surface area (Å²) in [7, 11) is 4.95. The van der Waals surface area contributed by atoms with Crippen molar-refractivity contribution in [3.63, 3.8) is 0 Å². The summed E-state index contributed by atoms with van der Waals surface area (Å²) < 4.78 is 19.9. The predicted molar refractivity (Wildman–Crippen MR) is 193 cm³/mol. The molecule has 242 valence electrons. The van der Waals surface area contributed by atoms with Gasteiger partial charge in [0.05, 0.1) is 33.8 Å². The zero-order valence-electron chi connectivity index (χ0n) is 26.9. The number of nitrogens with zero attached hydrogens (tertiary/aromatic N) is 6. The van der Waals surface area contributed by atoms with E-state index in [-0.39, 0.29) is 0 Å². The standard InChI is InChI=1S/C32H40BrN10O2P/c1-35-18-20(17-34)22-15-26(28(45-4)16-27(22)43-13-9-21(10-14-43)42(2)3)40-32-38-19-23(33)31(41-32)39-25-8-7-24-29(37-12-11-36-24)30(25)46(5,6)44/h7-8,11-12,15-19,21,34-35H,9-10,13-14H2,1-6H3,(H2,38,39,40,41)/b20-18+,34-17?. The monoisotopic (exact) mass is 706 g/mol. The van der Waals surface area contributed by atoms with Crippen molar-refractivity contribution in [2.75, 3.05) is 70.2 Å². The molecule has 1 fully saturated rings. The summed E-state index contributed by atoms with van der Waals surface area (Å²) in [5.74, 6) is 1.42. The van der Waals surface area contributed by atoms with Crippen LogP contribution < -0.4 is 30.9 Å². The van der Waals surface area contributed by atoms with Gasteiger partial charge in [-0.15, -0.1) is 0 Å². The Bertz CT molecular complexity index is 1820. The van der Waals surface area contributed by atoms with E-state index in [1.54, 1.807) is 39.0 Å². The number of hydrogen-bond acceptors (Lipinski definition) is 12. The van der Waals surface area contributed by atoms with Gasteiger partial charge < -0.3 is 40.5 Å². The zero-order chi connectivity index (χ0) is 33.0. The Morgan fingerprint density at radius 1 is 1.11 bits per heavy atom. The van der Waals surface area contributed by atoms with E-state index < -0.39 is 7.14 Å². The molecule has 3 heterocycles. The topological polar surface area (TPSA) is 144 Å². The Balaban J connectivity index is 1.52. The SMILES string of the molecule is CN/C=C(\C=N)c1cc(Nc2ncc(Br)c(Nc3ccc4nccnc4c3P(C)(C)=O)n2)c(OC)cc1N1CCC(N(C)C)CC1. The maximum absolute atomic E-state index is 13.4. The molecule has 0 atom stereocenters. The van der Waals surface area contributed by atoms with Crippen molar-refractivity contribution in [2.45, 2.75) is 18.9 Å². The third-order valence-corrected chi connectivity index (χ3v) is 10.1. The quantitative estimate of drug-likeness (QED) is 0.113. The fourth-order valence-corrected chi connectivity index (χ4v) is 7.42. The summed E-state index contributed by atoms with van der Waals surface area (Å²) in [6.45, 7) is 5.22. The van der Waals surface area contributed by atoms with Crippen LogP contribution in [0, 0.1) is 5.41 Å². The zero-order valence-corrected chi connectivity index (χ0v) is 29.4. The molecule has 1 saturated heterocycles. The van der Waals surface area contributed by atoms with Crippen LogP contribution in [0.3, 0.4) is 0 Å². The van der Waals surface area contributed by atoms with E-state index in [1.807, 2.05) is 37.5 Å². The molecule has 0 bridgehead atoms. The van der Waals surface area contributed by atoms with E-state index in [2.05, 4.69) is 70.7 Å². The lowest BCUT2D eigenvalue weighted by Gasteiger charge is -2.37. The molecule has 1 aliphatic heterocycles. The predicted octanol–water partition coefficient (Wildman–Crippen LogP) is 5.67. The van der Waals surface area contributed by atoms with Crippen LogP contribution in [0.2, 0.25) is 0 Å². The molecule has 2 aromatic carbocycles. The number of aromatic nitrogens is 4. The number of benzene rings is 2. The van der Waals surface area contributed by atoms with Gasteiger partial charge in [-0.2, -0.15) is 4.98 Å². The van der Waals surface area contributed by atoms with E-state index in [9.17, 15) is 4.57 Å². The lowest BCUT2D eigenvalue weighted by Crippen LogP contribution is -2.42. The highest BCUT2D eigenvalue weighted by Gasteiger charge is 2.26. The molecular weight excluding hydrogens is 667 g/mol. The second kappa shape index (κ2) is 14.1. The van der Waals surface area contributed by atoms with Crippen LogP contribution in [0.1, 0.15) is 18.4 Å². The molecule has 0 saturated carbocycles. The second-order valence-electron chi connectivity index (χ2n) is 11.7. The summed E-state index contributed by atoms with van der Waals surface area (Å²) in [4.78, 5) is 22.8. The van der Waals surface area contributed by atoms with Gasteiger partial charge in [0, 0.05) is 80.1 Å². The maximum atomic E-state index is 13.4. The van der Waals surface area contributed by atoms with Crippen LogP contribution >= 0.6 is 23.1 Å². The minimum Gasteiger partial charge on any atom is -0.494 e. The maximum Gasteiger partial charge on any atom is 0.229 e. The van der Waals surface area contributed by atoms with Gasteiger partial charge in [-0.1, -0.05) is 0 Å². The van der Waals surface area contributed by atoms with E-state index in [0.717, 1.165) is 42.8 Å². The Morgan fingerprint density at radius 3 is 2.50 bits per heavy atom. The average molecular weight is 708 g/mol. The molecule has 4 aromatic rings. The van der Waals surface area contributed by atoms with Gasteiger partial charge in [0.2, 0.25) is 5.95 Å². The molecular formula is C32H40BrN10O2P. The molecule has 5 rings (SSSR count). The van der Waals surface area contributed by atoms with Crippen molar-refractivity contribution in [1.29, 1.82) is 5.41 Å². The summed E-state index contributed by atoms with van der Waals surface area (Å²) in [5, 5.41) is 18.5. The third-order valence-electron chi connectivity index (χ3n) is 8.02. The van der Waals surface area contributed by atoms with Crippen LogP contribution in [-0.2, 0) is 4.57 Å². The molecule has 4 N–H and O–H groups in total. The Kier molecular flexibility index (Phi) is 10.2. The number of allylic oxidation sites excluding steroid dienone is 1. The highest BCUT2D eigenvalue weighted by Crippen LogP contribution is 2.42. The largest absolute Gasteiger partial charge is 0.494 e. The van der Waals surface area contributed by atoms with Crippen LogP contribution in [0.4, 0.5) is 28.8 Å². The van der Waals surface area contributed by atoms with Crippen LogP contribution in [0.25, 0.3) is 16.6 Å². The van der Waals surface area contributed by atoms with Gasteiger partial charge in [0.1, 0.15) is 24.2 Å². The van der Waals surface area contributed by atoms with E-state index in [1.165, 1.54) is 6.21 Å². The van der Waals surface area contributed by atoms with E-state index >= 15 is 0 Å².